The second kappa shape index (κ2) is 7.03. The maximum atomic E-state index is 11.4. The highest BCUT2D eigenvalue weighted by atomic mass is 16.5. The Hall–Kier alpha value is -2.37. The molecule has 0 saturated carbocycles. The third-order valence-corrected chi connectivity index (χ3v) is 4.46. The molecule has 0 radical (unpaired) electrons. The number of ether oxygens (including phenoxy) is 1. The van der Waals surface area contributed by atoms with Crippen LogP contribution in [0.2, 0.25) is 0 Å². The number of rotatable bonds is 5. The van der Waals surface area contributed by atoms with Gasteiger partial charge in [0.05, 0.1) is 13.2 Å². The monoisotopic (exact) mass is 326 g/mol. The number of aliphatic hydroxyl groups is 1. The fraction of sp³-hybridized carbons (Fsp3) is 0.316. The van der Waals surface area contributed by atoms with E-state index in [-0.39, 0.29) is 12.1 Å². The minimum atomic E-state index is -0.428. The molecule has 24 heavy (non-hydrogen) atoms. The van der Waals surface area contributed by atoms with Crippen LogP contribution in [0, 0.1) is 0 Å². The van der Waals surface area contributed by atoms with E-state index >= 15 is 0 Å². The molecule has 1 aliphatic heterocycles. The van der Waals surface area contributed by atoms with Crippen LogP contribution in [0.1, 0.15) is 33.9 Å². The lowest BCUT2D eigenvalue weighted by Crippen LogP contribution is -2.24. The standard InChI is InChI=1S/C19H22N2O3/c1-24-17-7-3-5-14(9-17)18-10-16(22)12-21(18)11-13-4-2-6-15(8-13)19(20)23/h2-9,16,18,22H,10-12H2,1H3,(H2,20,23)/t16-,18-/m1/s1. The zero-order valence-electron chi connectivity index (χ0n) is 13.7. The van der Waals surface area contributed by atoms with Crippen LogP contribution in [0.3, 0.4) is 0 Å². The van der Waals surface area contributed by atoms with Gasteiger partial charge in [0.1, 0.15) is 5.75 Å². The molecule has 5 nitrogen and oxygen atoms in total. The minimum Gasteiger partial charge on any atom is -0.497 e. The summed E-state index contributed by atoms with van der Waals surface area (Å²) >= 11 is 0. The first-order valence-electron chi connectivity index (χ1n) is 8.01. The highest BCUT2D eigenvalue weighted by molar-refractivity contribution is 5.92. The predicted octanol–water partition coefficient (Wildman–Crippen LogP) is 2.10. The Morgan fingerprint density at radius 2 is 2.08 bits per heavy atom. The molecule has 1 aliphatic rings. The number of amides is 1. The number of aliphatic hydroxyl groups excluding tert-OH is 1. The van der Waals surface area contributed by atoms with Crippen molar-refractivity contribution in [2.24, 2.45) is 5.73 Å². The van der Waals surface area contributed by atoms with Crippen molar-refractivity contribution in [3.63, 3.8) is 0 Å². The van der Waals surface area contributed by atoms with Gasteiger partial charge in [-0.1, -0.05) is 24.3 Å². The SMILES string of the molecule is COc1cccc([C@H]2C[C@@H](O)CN2Cc2cccc(C(N)=O)c2)c1. The van der Waals surface area contributed by atoms with Gasteiger partial charge in [-0.2, -0.15) is 0 Å². The van der Waals surface area contributed by atoms with Crippen molar-refractivity contribution in [1.82, 2.24) is 4.90 Å². The van der Waals surface area contributed by atoms with Gasteiger partial charge in [-0.25, -0.2) is 0 Å². The Morgan fingerprint density at radius 1 is 1.29 bits per heavy atom. The molecule has 126 valence electrons. The first-order valence-corrected chi connectivity index (χ1v) is 8.01. The summed E-state index contributed by atoms with van der Waals surface area (Å²) in [5.41, 5.74) is 7.99. The number of nitrogens with zero attached hydrogens (tertiary/aromatic N) is 1. The predicted molar refractivity (Wildman–Crippen MR) is 91.7 cm³/mol. The largest absolute Gasteiger partial charge is 0.497 e. The molecule has 0 aromatic heterocycles. The Balaban J connectivity index is 1.83. The van der Waals surface area contributed by atoms with Gasteiger partial charge in [-0.05, 0) is 41.8 Å². The van der Waals surface area contributed by atoms with Crippen molar-refractivity contribution in [3.8, 4) is 5.75 Å². The van der Waals surface area contributed by atoms with Gasteiger partial charge in [0.15, 0.2) is 0 Å². The number of carbonyl (C=O) groups is 1. The first-order chi connectivity index (χ1) is 11.6. The van der Waals surface area contributed by atoms with Gasteiger partial charge in [0, 0.05) is 24.7 Å². The van der Waals surface area contributed by atoms with E-state index < -0.39 is 5.91 Å². The number of hydrogen-bond acceptors (Lipinski definition) is 4. The van der Waals surface area contributed by atoms with E-state index in [1.165, 1.54) is 0 Å². The molecule has 1 heterocycles. The molecule has 2 aromatic carbocycles. The number of nitrogens with two attached hydrogens (primary N) is 1. The number of carbonyl (C=O) groups excluding carboxylic acids is 1. The molecule has 2 aromatic rings. The van der Waals surface area contributed by atoms with E-state index in [4.69, 9.17) is 10.5 Å². The summed E-state index contributed by atoms with van der Waals surface area (Å²) in [6.45, 7) is 1.25. The number of β-amino-alcohol motifs (C(OH)–C–C–N with tert-alkyl or cyclic N) is 1. The Kier molecular flexibility index (Phi) is 4.83. The molecule has 0 spiro atoms. The highest BCUT2D eigenvalue weighted by Crippen LogP contribution is 2.34. The summed E-state index contributed by atoms with van der Waals surface area (Å²) in [6.07, 6.45) is 0.323. The third kappa shape index (κ3) is 3.58. The molecule has 0 aliphatic carbocycles. The number of primary amides is 1. The molecule has 3 rings (SSSR count). The molecule has 5 heteroatoms. The number of benzene rings is 2. The van der Waals surface area contributed by atoms with Gasteiger partial charge in [0.25, 0.3) is 0 Å². The lowest BCUT2D eigenvalue weighted by Gasteiger charge is -2.25. The molecular weight excluding hydrogens is 304 g/mol. The van der Waals surface area contributed by atoms with Crippen LogP contribution in [0.25, 0.3) is 0 Å². The van der Waals surface area contributed by atoms with Gasteiger partial charge in [-0.15, -0.1) is 0 Å². The normalized spacial score (nSPS) is 20.9. The average molecular weight is 326 g/mol. The van der Waals surface area contributed by atoms with Crippen LogP contribution in [0.4, 0.5) is 0 Å². The van der Waals surface area contributed by atoms with Crippen LogP contribution in [-0.4, -0.2) is 35.7 Å². The van der Waals surface area contributed by atoms with E-state index in [1.807, 2.05) is 36.4 Å². The molecule has 0 bridgehead atoms. The quantitative estimate of drug-likeness (QED) is 0.882. The van der Waals surface area contributed by atoms with E-state index in [2.05, 4.69) is 11.0 Å². The number of methoxy groups -OCH3 is 1. The topological polar surface area (TPSA) is 75.8 Å². The molecule has 1 amide bonds. The van der Waals surface area contributed by atoms with Crippen molar-refractivity contribution in [2.45, 2.75) is 25.1 Å². The van der Waals surface area contributed by atoms with E-state index in [1.54, 1.807) is 13.2 Å². The second-order valence-corrected chi connectivity index (χ2v) is 6.18. The summed E-state index contributed by atoms with van der Waals surface area (Å²) < 4.78 is 5.30. The van der Waals surface area contributed by atoms with Crippen molar-refractivity contribution in [3.05, 3.63) is 65.2 Å². The van der Waals surface area contributed by atoms with E-state index in [0.29, 0.717) is 25.1 Å². The fourth-order valence-electron chi connectivity index (χ4n) is 3.31. The molecule has 1 fully saturated rings. The van der Waals surface area contributed by atoms with Crippen LogP contribution in [-0.2, 0) is 6.54 Å². The summed E-state index contributed by atoms with van der Waals surface area (Å²) in [5.74, 6) is 0.382. The summed E-state index contributed by atoms with van der Waals surface area (Å²) in [5, 5.41) is 10.1. The van der Waals surface area contributed by atoms with Gasteiger partial charge in [0.2, 0.25) is 5.91 Å². The van der Waals surface area contributed by atoms with Crippen molar-refractivity contribution < 1.29 is 14.6 Å². The van der Waals surface area contributed by atoms with E-state index in [0.717, 1.165) is 16.9 Å². The summed E-state index contributed by atoms with van der Waals surface area (Å²) in [7, 11) is 1.65. The molecule has 0 unspecified atom stereocenters. The van der Waals surface area contributed by atoms with Crippen molar-refractivity contribution in [2.75, 3.05) is 13.7 Å². The number of hydrogen-bond donors (Lipinski definition) is 2. The average Bonchev–Trinajstić information content (AvgIpc) is 2.95. The van der Waals surface area contributed by atoms with Crippen LogP contribution < -0.4 is 10.5 Å². The summed E-state index contributed by atoms with van der Waals surface area (Å²) in [4.78, 5) is 13.6. The lowest BCUT2D eigenvalue weighted by molar-refractivity contribution is 0.1000. The van der Waals surface area contributed by atoms with Crippen LogP contribution in [0.5, 0.6) is 5.75 Å². The third-order valence-electron chi connectivity index (χ3n) is 4.46. The zero-order valence-corrected chi connectivity index (χ0v) is 13.7. The van der Waals surface area contributed by atoms with Crippen LogP contribution in [0.15, 0.2) is 48.5 Å². The smallest absolute Gasteiger partial charge is 0.248 e. The van der Waals surface area contributed by atoms with Gasteiger partial charge >= 0.3 is 0 Å². The van der Waals surface area contributed by atoms with Crippen molar-refractivity contribution >= 4 is 5.91 Å². The molecule has 3 N–H and O–H groups in total. The molecule has 1 saturated heterocycles. The molecule has 2 atom stereocenters. The Bertz CT molecular complexity index is 732. The Morgan fingerprint density at radius 3 is 2.83 bits per heavy atom. The highest BCUT2D eigenvalue weighted by Gasteiger charge is 2.32. The minimum absolute atomic E-state index is 0.118. The fourth-order valence-corrected chi connectivity index (χ4v) is 3.31. The second-order valence-electron chi connectivity index (χ2n) is 6.18. The molecular formula is C19H22N2O3. The van der Waals surface area contributed by atoms with Crippen molar-refractivity contribution in [1.29, 1.82) is 0 Å². The maximum absolute atomic E-state index is 11.4. The Labute approximate surface area is 141 Å². The van der Waals surface area contributed by atoms with Crippen LogP contribution >= 0.6 is 0 Å². The first kappa shape index (κ1) is 16.5. The number of likely N-dealkylation sites (tertiary alicyclic amines) is 1. The lowest BCUT2D eigenvalue weighted by atomic mass is 10.0. The maximum Gasteiger partial charge on any atom is 0.248 e. The van der Waals surface area contributed by atoms with Gasteiger partial charge < -0.3 is 15.6 Å². The zero-order chi connectivity index (χ0) is 17.1. The van der Waals surface area contributed by atoms with E-state index in [9.17, 15) is 9.90 Å². The van der Waals surface area contributed by atoms with Gasteiger partial charge in [-0.3, -0.25) is 9.69 Å². The summed E-state index contributed by atoms with van der Waals surface area (Å²) in [6, 6.07) is 15.4.